The van der Waals surface area contributed by atoms with Gasteiger partial charge in [-0.05, 0) is 62.4 Å². The molecule has 0 amide bonds. The Bertz CT molecular complexity index is 1110. The van der Waals surface area contributed by atoms with Crippen molar-refractivity contribution in [2.75, 3.05) is 39.4 Å². The number of aromatic nitrogens is 3. The summed E-state index contributed by atoms with van der Waals surface area (Å²) in [6.07, 6.45) is 12.4. The van der Waals surface area contributed by atoms with Crippen LogP contribution in [0.4, 0.5) is 0 Å². The summed E-state index contributed by atoms with van der Waals surface area (Å²) in [5.41, 5.74) is 6.08. The largest absolute Gasteiger partial charge is 0.379 e. The molecule has 1 atom stereocenters. The fourth-order valence-electron chi connectivity index (χ4n) is 5.43. The molecule has 1 unspecified atom stereocenters. The highest BCUT2D eigenvalue weighted by atomic mass is 32.1. The number of morpholine rings is 1. The van der Waals surface area contributed by atoms with Crippen LogP contribution < -0.4 is 5.32 Å². The van der Waals surface area contributed by atoms with Gasteiger partial charge in [-0.15, -0.1) is 11.3 Å². The third-order valence-electron chi connectivity index (χ3n) is 7.36. The van der Waals surface area contributed by atoms with Crippen LogP contribution in [0.3, 0.4) is 0 Å². The molecule has 168 valence electrons. The summed E-state index contributed by atoms with van der Waals surface area (Å²) in [6, 6.07) is 2.98. The molecule has 32 heavy (non-hydrogen) atoms. The minimum atomic E-state index is 0.590. The summed E-state index contributed by atoms with van der Waals surface area (Å²) < 4.78 is 5.52. The van der Waals surface area contributed by atoms with Crippen molar-refractivity contribution in [3.8, 4) is 10.6 Å². The Balaban J connectivity index is 1.24. The Morgan fingerprint density at radius 2 is 2.00 bits per heavy atom. The lowest BCUT2D eigenvalue weighted by Crippen LogP contribution is -2.43. The van der Waals surface area contributed by atoms with Crippen LogP contribution in [0.15, 0.2) is 29.9 Å². The zero-order valence-electron chi connectivity index (χ0n) is 18.5. The molecule has 6 nitrogen and oxygen atoms in total. The summed E-state index contributed by atoms with van der Waals surface area (Å²) >= 11 is 1.76. The average molecular weight is 450 g/mol. The maximum atomic E-state index is 5.52. The van der Waals surface area contributed by atoms with Gasteiger partial charge in [0.05, 0.1) is 18.9 Å². The number of fused-ring (bicyclic) bond motifs is 1. The van der Waals surface area contributed by atoms with E-state index >= 15 is 0 Å². The van der Waals surface area contributed by atoms with Gasteiger partial charge in [0.1, 0.15) is 10.7 Å². The number of allylic oxidation sites excluding steroid dienone is 1. The van der Waals surface area contributed by atoms with Crippen LogP contribution in [0.25, 0.3) is 27.2 Å². The van der Waals surface area contributed by atoms with Gasteiger partial charge in [0.15, 0.2) is 0 Å². The molecule has 2 saturated heterocycles. The molecule has 2 N–H and O–H groups in total. The molecule has 5 heterocycles. The molecule has 3 aromatic heterocycles. The number of pyridine rings is 1. The molecule has 2 aliphatic heterocycles. The van der Waals surface area contributed by atoms with E-state index in [1.807, 2.05) is 6.20 Å². The van der Waals surface area contributed by atoms with Crippen molar-refractivity contribution in [3.63, 3.8) is 0 Å². The van der Waals surface area contributed by atoms with Gasteiger partial charge in [-0.2, -0.15) is 0 Å². The number of hydrogen-bond acceptors (Lipinski definition) is 6. The quantitative estimate of drug-likeness (QED) is 0.617. The van der Waals surface area contributed by atoms with Crippen LogP contribution in [-0.4, -0.2) is 65.3 Å². The normalized spacial score (nSPS) is 23.5. The number of aromatic amines is 1. The van der Waals surface area contributed by atoms with Crippen molar-refractivity contribution in [2.45, 2.75) is 44.1 Å². The van der Waals surface area contributed by atoms with E-state index in [2.05, 4.69) is 38.9 Å². The van der Waals surface area contributed by atoms with Gasteiger partial charge in [-0.3, -0.25) is 4.90 Å². The van der Waals surface area contributed by atoms with Gasteiger partial charge in [0.25, 0.3) is 0 Å². The van der Waals surface area contributed by atoms with Crippen molar-refractivity contribution in [1.29, 1.82) is 0 Å². The van der Waals surface area contributed by atoms with E-state index in [9.17, 15) is 0 Å². The molecule has 0 bridgehead atoms. The third-order valence-corrected chi connectivity index (χ3v) is 8.25. The highest BCUT2D eigenvalue weighted by Gasteiger charge is 2.24. The number of piperidine rings is 1. The number of hydrogen-bond donors (Lipinski definition) is 2. The second-order valence-electron chi connectivity index (χ2n) is 9.23. The van der Waals surface area contributed by atoms with Gasteiger partial charge in [-0.25, -0.2) is 9.97 Å². The zero-order chi connectivity index (χ0) is 21.3. The first-order valence-corrected chi connectivity index (χ1v) is 12.9. The van der Waals surface area contributed by atoms with Crippen LogP contribution in [0, 0.1) is 0 Å². The topological polar surface area (TPSA) is 66.1 Å². The Morgan fingerprint density at radius 1 is 1.12 bits per heavy atom. The SMILES string of the molecule is C1=C(c2cnc3[nH]cc(-c4nc(C5CCNCC5)cs4)c3c2)CCC(N2CCOCC2)C1. The van der Waals surface area contributed by atoms with E-state index in [-0.39, 0.29) is 0 Å². The predicted molar refractivity (Wildman–Crippen MR) is 130 cm³/mol. The minimum absolute atomic E-state index is 0.590. The van der Waals surface area contributed by atoms with Crippen LogP contribution >= 0.6 is 11.3 Å². The van der Waals surface area contributed by atoms with Crippen LogP contribution in [-0.2, 0) is 4.74 Å². The maximum absolute atomic E-state index is 5.52. The molecule has 3 aliphatic rings. The van der Waals surface area contributed by atoms with Gasteiger partial charge in [-0.1, -0.05) is 6.08 Å². The van der Waals surface area contributed by atoms with E-state index in [1.54, 1.807) is 11.3 Å². The first-order chi connectivity index (χ1) is 15.8. The molecule has 0 radical (unpaired) electrons. The average Bonchev–Trinajstić information content (AvgIpc) is 3.52. The second kappa shape index (κ2) is 9.06. The number of nitrogens with one attached hydrogen (secondary N) is 2. The summed E-state index contributed by atoms with van der Waals surface area (Å²) in [4.78, 5) is 15.8. The first-order valence-electron chi connectivity index (χ1n) is 12.0. The Kier molecular flexibility index (Phi) is 5.81. The molecular formula is C25H31N5OS. The van der Waals surface area contributed by atoms with E-state index < -0.39 is 0 Å². The first kappa shape index (κ1) is 20.5. The van der Waals surface area contributed by atoms with Crippen molar-refractivity contribution in [1.82, 2.24) is 25.2 Å². The monoisotopic (exact) mass is 449 g/mol. The lowest BCUT2D eigenvalue weighted by atomic mass is 9.90. The Hall–Kier alpha value is -2.06. The number of thiazole rings is 1. The van der Waals surface area contributed by atoms with Crippen molar-refractivity contribution in [2.24, 2.45) is 0 Å². The van der Waals surface area contributed by atoms with Gasteiger partial charge < -0.3 is 15.0 Å². The number of ether oxygens (including phenoxy) is 1. The minimum Gasteiger partial charge on any atom is -0.379 e. The molecule has 6 rings (SSSR count). The van der Waals surface area contributed by atoms with E-state index in [4.69, 9.17) is 14.7 Å². The molecular weight excluding hydrogens is 418 g/mol. The van der Waals surface area contributed by atoms with Gasteiger partial charge in [0, 0.05) is 53.8 Å². The Morgan fingerprint density at radius 3 is 2.81 bits per heavy atom. The molecule has 2 fully saturated rings. The molecule has 7 heteroatoms. The number of rotatable bonds is 4. The lowest BCUT2D eigenvalue weighted by Gasteiger charge is -2.36. The van der Waals surface area contributed by atoms with E-state index in [1.165, 1.54) is 47.0 Å². The zero-order valence-corrected chi connectivity index (χ0v) is 19.3. The Labute approximate surface area is 193 Å². The third kappa shape index (κ3) is 4.03. The highest BCUT2D eigenvalue weighted by molar-refractivity contribution is 7.13. The van der Waals surface area contributed by atoms with E-state index in [0.29, 0.717) is 12.0 Å². The smallest absolute Gasteiger partial charge is 0.137 e. The molecule has 1 aliphatic carbocycles. The van der Waals surface area contributed by atoms with Gasteiger partial charge >= 0.3 is 0 Å². The van der Waals surface area contributed by atoms with Gasteiger partial charge in [0.2, 0.25) is 0 Å². The van der Waals surface area contributed by atoms with Crippen LogP contribution in [0.1, 0.15) is 49.3 Å². The predicted octanol–water partition coefficient (Wildman–Crippen LogP) is 4.42. The van der Waals surface area contributed by atoms with Crippen LogP contribution in [0.5, 0.6) is 0 Å². The lowest BCUT2D eigenvalue weighted by molar-refractivity contribution is 0.0150. The second-order valence-corrected chi connectivity index (χ2v) is 10.1. The molecule has 0 spiro atoms. The standard InChI is InChI=1S/C25H31N5OS/c1-3-20(30-9-11-31-12-10-30)4-2-17(1)19-13-21-22(15-28-24(21)27-14-19)25-29-23(16-32-25)18-5-7-26-8-6-18/h1,13-16,18,20,26H,2-12H2,(H,27,28). The molecule has 0 saturated carbocycles. The molecule has 0 aromatic carbocycles. The highest BCUT2D eigenvalue weighted by Crippen LogP contribution is 2.36. The van der Waals surface area contributed by atoms with E-state index in [0.717, 1.165) is 62.9 Å². The summed E-state index contributed by atoms with van der Waals surface area (Å²) in [5, 5.41) is 8.00. The van der Waals surface area contributed by atoms with Crippen molar-refractivity contribution < 1.29 is 4.74 Å². The maximum Gasteiger partial charge on any atom is 0.137 e. The van der Waals surface area contributed by atoms with Crippen molar-refractivity contribution in [3.05, 3.63) is 41.2 Å². The summed E-state index contributed by atoms with van der Waals surface area (Å²) in [5.74, 6) is 0.590. The van der Waals surface area contributed by atoms with Crippen molar-refractivity contribution >= 4 is 27.9 Å². The summed E-state index contributed by atoms with van der Waals surface area (Å²) in [6.45, 7) is 6.08. The number of H-pyrrole nitrogens is 1. The fourth-order valence-corrected chi connectivity index (χ4v) is 6.36. The fraction of sp³-hybridized carbons (Fsp3) is 0.520. The molecule has 3 aromatic rings. The van der Waals surface area contributed by atoms with Crippen LogP contribution in [0.2, 0.25) is 0 Å². The number of nitrogens with zero attached hydrogens (tertiary/aromatic N) is 3. The summed E-state index contributed by atoms with van der Waals surface area (Å²) in [7, 11) is 0.